The Bertz CT molecular complexity index is 126. The summed E-state index contributed by atoms with van der Waals surface area (Å²) >= 11 is 0. The second-order valence-corrected chi connectivity index (χ2v) is 5.35. The van der Waals surface area contributed by atoms with E-state index in [9.17, 15) is 4.21 Å². The van der Waals surface area contributed by atoms with E-state index in [4.69, 9.17) is 0 Å². The van der Waals surface area contributed by atoms with Crippen LogP contribution in [0.5, 0.6) is 0 Å². The van der Waals surface area contributed by atoms with Crippen LogP contribution in [0.1, 0.15) is 33.6 Å². The van der Waals surface area contributed by atoms with Gasteiger partial charge in [-0.05, 0) is 25.9 Å². The molecule has 12 heavy (non-hydrogen) atoms. The van der Waals surface area contributed by atoms with Crippen LogP contribution in [0.15, 0.2) is 0 Å². The highest BCUT2D eigenvalue weighted by atomic mass is 32.2. The zero-order valence-electron chi connectivity index (χ0n) is 8.43. The van der Waals surface area contributed by atoms with Gasteiger partial charge in [-0.3, -0.25) is 4.21 Å². The van der Waals surface area contributed by atoms with Crippen LogP contribution in [0.3, 0.4) is 0 Å². The lowest BCUT2D eigenvalue weighted by Gasteiger charge is -2.05. The van der Waals surface area contributed by atoms with Crippen LogP contribution < -0.4 is 5.32 Å². The average molecular weight is 191 g/mol. The predicted molar refractivity (Wildman–Crippen MR) is 55.9 cm³/mol. The highest BCUT2D eigenvalue weighted by Gasteiger charge is 2.03. The largest absolute Gasteiger partial charge is 0.317 e. The highest BCUT2D eigenvalue weighted by Crippen LogP contribution is 1.95. The molecule has 3 heteroatoms. The van der Waals surface area contributed by atoms with Crippen LogP contribution >= 0.6 is 0 Å². The van der Waals surface area contributed by atoms with Crippen LogP contribution in [-0.4, -0.2) is 28.3 Å². The fourth-order valence-corrected chi connectivity index (χ4v) is 1.78. The summed E-state index contributed by atoms with van der Waals surface area (Å²) in [5.74, 6) is 0.842. The van der Waals surface area contributed by atoms with Gasteiger partial charge >= 0.3 is 0 Å². The van der Waals surface area contributed by atoms with Gasteiger partial charge < -0.3 is 5.32 Å². The summed E-state index contributed by atoms with van der Waals surface area (Å²) in [4.78, 5) is 0. The molecule has 0 aliphatic rings. The van der Waals surface area contributed by atoms with Gasteiger partial charge in [0, 0.05) is 21.8 Å². The van der Waals surface area contributed by atoms with E-state index in [1.54, 1.807) is 0 Å². The Kier molecular flexibility index (Phi) is 7.81. The summed E-state index contributed by atoms with van der Waals surface area (Å²) in [5, 5.41) is 3.61. The summed E-state index contributed by atoms with van der Waals surface area (Å²) in [6.07, 6.45) is 2.21. The number of rotatable bonds is 7. The Morgan fingerprint density at radius 1 is 1.33 bits per heavy atom. The van der Waals surface area contributed by atoms with E-state index in [1.165, 1.54) is 6.42 Å². The fourth-order valence-electron chi connectivity index (χ4n) is 0.877. The minimum absolute atomic E-state index is 0.316. The van der Waals surface area contributed by atoms with Crippen LogP contribution in [0.2, 0.25) is 0 Å². The van der Waals surface area contributed by atoms with Gasteiger partial charge in [0.05, 0.1) is 0 Å². The lowest BCUT2D eigenvalue weighted by molar-refractivity contribution is 0.649. The first-order chi connectivity index (χ1) is 5.68. The molecule has 0 saturated heterocycles. The molecule has 0 fully saturated rings. The molecule has 0 aromatic rings. The zero-order chi connectivity index (χ0) is 9.40. The van der Waals surface area contributed by atoms with E-state index < -0.39 is 10.8 Å². The van der Waals surface area contributed by atoms with Gasteiger partial charge in [-0.2, -0.15) is 0 Å². The van der Waals surface area contributed by atoms with Gasteiger partial charge in [0.25, 0.3) is 0 Å². The summed E-state index contributed by atoms with van der Waals surface area (Å²) in [6.45, 7) is 8.26. The van der Waals surface area contributed by atoms with Gasteiger partial charge in [-0.15, -0.1) is 0 Å². The third-order valence-electron chi connectivity index (χ3n) is 1.65. The van der Waals surface area contributed by atoms with Crippen molar-refractivity contribution < 1.29 is 4.21 Å². The van der Waals surface area contributed by atoms with Crippen LogP contribution in [-0.2, 0) is 10.8 Å². The maximum atomic E-state index is 11.3. The van der Waals surface area contributed by atoms with Gasteiger partial charge in [0.15, 0.2) is 0 Å². The maximum Gasteiger partial charge on any atom is 0.0291 e. The summed E-state index contributed by atoms with van der Waals surface area (Å²) < 4.78 is 11.3. The Balaban J connectivity index is 3.14. The molecule has 2 nitrogen and oxygen atoms in total. The van der Waals surface area contributed by atoms with Crippen molar-refractivity contribution >= 4 is 10.8 Å². The minimum atomic E-state index is -0.617. The van der Waals surface area contributed by atoms with Crippen LogP contribution in [0.4, 0.5) is 0 Å². The van der Waals surface area contributed by atoms with Crippen molar-refractivity contribution in [1.82, 2.24) is 5.32 Å². The molecule has 0 aliphatic heterocycles. The van der Waals surface area contributed by atoms with Crippen molar-refractivity contribution in [2.24, 2.45) is 0 Å². The molecule has 0 bridgehead atoms. The maximum absolute atomic E-state index is 11.3. The lowest BCUT2D eigenvalue weighted by Crippen LogP contribution is -2.19. The molecule has 1 N–H and O–H groups in total. The molecular weight excluding hydrogens is 170 g/mol. The van der Waals surface area contributed by atoms with Gasteiger partial charge in [0.2, 0.25) is 0 Å². The Labute approximate surface area is 78.6 Å². The molecule has 0 aromatic carbocycles. The number of hydrogen-bond acceptors (Lipinski definition) is 2. The van der Waals surface area contributed by atoms with E-state index in [1.807, 2.05) is 13.8 Å². The highest BCUT2D eigenvalue weighted by molar-refractivity contribution is 7.85. The van der Waals surface area contributed by atoms with E-state index in [0.717, 1.165) is 25.3 Å². The van der Waals surface area contributed by atoms with Crippen molar-refractivity contribution in [3.63, 3.8) is 0 Å². The van der Waals surface area contributed by atoms with Crippen molar-refractivity contribution in [3.8, 4) is 0 Å². The third-order valence-corrected chi connectivity index (χ3v) is 3.39. The van der Waals surface area contributed by atoms with Crippen molar-refractivity contribution in [3.05, 3.63) is 0 Å². The van der Waals surface area contributed by atoms with E-state index in [0.29, 0.717) is 5.25 Å². The molecule has 1 atom stereocenters. The minimum Gasteiger partial charge on any atom is -0.317 e. The van der Waals surface area contributed by atoms with Crippen LogP contribution in [0, 0.1) is 0 Å². The fraction of sp³-hybridized carbons (Fsp3) is 1.00. The standard InChI is InChI=1S/C9H21NOS/c1-4-6-10-7-5-8-12(11)9(2)3/h9-10H,4-8H2,1-3H3. The summed E-state index contributed by atoms with van der Waals surface area (Å²) in [6, 6.07) is 0. The first-order valence-electron chi connectivity index (χ1n) is 4.76. The predicted octanol–water partition coefficient (Wildman–Crippen LogP) is 1.53. The summed E-state index contributed by atoms with van der Waals surface area (Å²) in [5.41, 5.74) is 0. The molecule has 0 aromatic heterocycles. The quantitative estimate of drug-likeness (QED) is 0.618. The van der Waals surface area contributed by atoms with Crippen molar-refractivity contribution in [1.29, 1.82) is 0 Å². The Hall–Kier alpha value is 0.110. The molecule has 0 saturated carbocycles. The molecule has 0 amide bonds. The lowest BCUT2D eigenvalue weighted by atomic mass is 10.4. The first kappa shape index (κ1) is 12.1. The SMILES string of the molecule is CCCNCCCS(=O)C(C)C. The smallest absolute Gasteiger partial charge is 0.0291 e. The monoisotopic (exact) mass is 191 g/mol. The molecule has 0 rings (SSSR count). The topological polar surface area (TPSA) is 29.1 Å². The zero-order valence-corrected chi connectivity index (χ0v) is 9.25. The number of nitrogens with one attached hydrogen (secondary N) is 1. The van der Waals surface area contributed by atoms with Gasteiger partial charge in [-0.25, -0.2) is 0 Å². The van der Waals surface area contributed by atoms with Crippen molar-refractivity contribution in [2.45, 2.75) is 38.9 Å². The molecule has 0 aliphatic carbocycles. The Morgan fingerprint density at radius 2 is 2.00 bits per heavy atom. The van der Waals surface area contributed by atoms with Gasteiger partial charge in [-0.1, -0.05) is 20.8 Å². The third kappa shape index (κ3) is 6.80. The van der Waals surface area contributed by atoms with Gasteiger partial charge in [0.1, 0.15) is 0 Å². The normalized spacial score (nSPS) is 13.7. The Morgan fingerprint density at radius 3 is 2.50 bits per heavy atom. The van der Waals surface area contributed by atoms with E-state index in [-0.39, 0.29) is 0 Å². The van der Waals surface area contributed by atoms with Crippen molar-refractivity contribution in [2.75, 3.05) is 18.8 Å². The van der Waals surface area contributed by atoms with E-state index in [2.05, 4.69) is 12.2 Å². The molecule has 74 valence electrons. The average Bonchev–Trinajstić information content (AvgIpc) is 2.03. The molecule has 0 heterocycles. The molecular formula is C9H21NOS. The molecule has 0 radical (unpaired) electrons. The second kappa shape index (κ2) is 7.74. The number of hydrogen-bond donors (Lipinski definition) is 1. The molecule has 1 unspecified atom stereocenters. The van der Waals surface area contributed by atoms with E-state index >= 15 is 0 Å². The van der Waals surface area contributed by atoms with Crippen LogP contribution in [0.25, 0.3) is 0 Å². The first-order valence-corrected chi connectivity index (χ1v) is 6.14. The second-order valence-electron chi connectivity index (χ2n) is 3.24. The summed E-state index contributed by atoms with van der Waals surface area (Å²) in [7, 11) is -0.617. The molecule has 0 spiro atoms.